The van der Waals surface area contributed by atoms with Gasteiger partial charge in [-0.1, -0.05) is 41.9 Å². The van der Waals surface area contributed by atoms with Crippen LogP contribution >= 0.6 is 11.6 Å². The minimum absolute atomic E-state index is 0.325. The van der Waals surface area contributed by atoms with E-state index >= 15 is 0 Å². The molecule has 25 heavy (non-hydrogen) atoms. The average molecular weight is 364 g/mol. The second kappa shape index (κ2) is 9.30. The maximum absolute atomic E-state index is 10.9. The molecule has 2 N–H and O–H groups in total. The summed E-state index contributed by atoms with van der Waals surface area (Å²) in [7, 11) is 0. The lowest BCUT2D eigenvalue weighted by Gasteiger charge is -2.16. The second-order valence-electron chi connectivity index (χ2n) is 5.54. The molecule has 0 heterocycles. The molecular weight excluding hydrogens is 342 g/mol. The number of carbonyl (C=O) groups is 1. The van der Waals surface area contributed by atoms with Gasteiger partial charge in [-0.25, -0.2) is 0 Å². The monoisotopic (exact) mass is 363 g/mol. The molecule has 1 atom stereocenters. The highest BCUT2D eigenvalue weighted by Gasteiger charge is 2.14. The van der Waals surface area contributed by atoms with E-state index in [1.165, 1.54) is 0 Å². The molecule has 5 nitrogen and oxygen atoms in total. The first-order valence-electron chi connectivity index (χ1n) is 8.09. The molecule has 0 bridgehead atoms. The van der Waals surface area contributed by atoms with E-state index in [0.717, 1.165) is 11.1 Å². The molecule has 2 aromatic rings. The Labute approximate surface area is 152 Å². The summed E-state index contributed by atoms with van der Waals surface area (Å²) in [6.45, 7) is 4.69. The molecule has 0 aromatic heterocycles. The minimum Gasteiger partial charge on any atom is -0.490 e. The van der Waals surface area contributed by atoms with E-state index in [2.05, 4.69) is 5.32 Å². The first kappa shape index (κ1) is 19.1. The standard InChI is InChI=1S/C19H22ClNO4/c1-3-24-17-9-15(11-21-13(2)19(22)23)16(20)10-18(17)25-12-14-7-5-4-6-8-14/h4-10,13,21H,3,11-12H2,1-2H3,(H,22,23). The Morgan fingerprint density at radius 2 is 1.88 bits per heavy atom. The fourth-order valence-electron chi connectivity index (χ4n) is 2.18. The van der Waals surface area contributed by atoms with Gasteiger partial charge in [0, 0.05) is 17.6 Å². The van der Waals surface area contributed by atoms with Gasteiger partial charge in [0.2, 0.25) is 0 Å². The normalized spacial score (nSPS) is 11.8. The molecule has 0 aliphatic heterocycles. The van der Waals surface area contributed by atoms with Gasteiger partial charge in [0.15, 0.2) is 11.5 Å². The van der Waals surface area contributed by atoms with Crippen LogP contribution < -0.4 is 14.8 Å². The number of carboxylic acid groups (broad SMARTS) is 1. The Morgan fingerprint density at radius 1 is 1.20 bits per heavy atom. The Bertz CT molecular complexity index is 706. The first-order valence-corrected chi connectivity index (χ1v) is 8.47. The highest BCUT2D eigenvalue weighted by atomic mass is 35.5. The van der Waals surface area contributed by atoms with Crippen molar-refractivity contribution in [3.8, 4) is 11.5 Å². The second-order valence-corrected chi connectivity index (χ2v) is 5.95. The van der Waals surface area contributed by atoms with E-state index in [-0.39, 0.29) is 0 Å². The van der Waals surface area contributed by atoms with Crippen molar-refractivity contribution in [3.05, 3.63) is 58.6 Å². The van der Waals surface area contributed by atoms with Gasteiger partial charge in [-0.2, -0.15) is 0 Å². The van der Waals surface area contributed by atoms with Gasteiger partial charge in [-0.3, -0.25) is 4.79 Å². The summed E-state index contributed by atoms with van der Waals surface area (Å²) >= 11 is 6.32. The van der Waals surface area contributed by atoms with Crippen LogP contribution in [-0.2, 0) is 17.9 Å². The van der Waals surface area contributed by atoms with Crippen molar-refractivity contribution in [1.82, 2.24) is 5.32 Å². The lowest BCUT2D eigenvalue weighted by atomic mass is 10.1. The van der Waals surface area contributed by atoms with E-state index < -0.39 is 12.0 Å². The number of halogens is 1. The molecule has 6 heteroatoms. The largest absolute Gasteiger partial charge is 0.490 e. The van der Waals surface area contributed by atoms with Gasteiger partial charge in [0.05, 0.1) is 6.61 Å². The van der Waals surface area contributed by atoms with E-state index in [1.807, 2.05) is 37.3 Å². The van der Waals surface area contributed by atoms with Crippen LogP contribution in [0.1, 0.15) is 25.0 Å². The molecule has 0 aliphatic rings. The van der Waals surface area contributed by atoms with Crippen molar-refractivity contribution in [2.24, 2.45) is 0 Å². The van der Waals surface area contributed by atoms with Gasteiger partial charge in [-0.05, 0) is 31.0 Å². The molecule has 0 radical (unpaired) electrons. The zero-order chi connectivity index (χ0) is 18.2. The Kier molecular flexibility index (Phi) is 7.10. The van der Waals surface area contributed by atoms with Crippen LogP contribution in [0.25, 0.3) is 0 Å². The van der Waals surface area contributed by atoms with Crippen LogP contribution in [0.5, 0.6) is 11.5 Å². The van der Waals surface area contributed by atoms with E-state index in [0.29, 0.717) is 36.3 Å². The van der Waals surface area contributed by atoms with Crippen molar-refractivity contribution in [1.29, 1.82) is 0 Å². The summed E-state index contributed by atoms with van der Waals surface area (Å²) in [6, 6.07) is 12.6. The molecule has 0 saturated carbocycles. The van der Waals surface area contributed by atoms with Crippen molar-refractivity contribution < 1.29 is 19.4 Å². The van der Waals surface area contributed by atoms with Gasteiger partial charge in [-0.15, -0.1) is 0 Å². The molecule has 0 aliphatic carbocycles. The number of rotatable bonds is 9. The Hall–Kier alpha value is -2.24. The van der Waals surface area contributed by atoms with Gasteiger partial charge >= 0.3 is 5.97 Å². The smallest absolute Gasteiger partial charge is 0.320 e. The summed E-state index contributed by atoms with van der Waals surface area (Å²) in [5.74, 6) is 0.234. The summed E-state index contributed by atoms with van der Waals surface area (Å²) in [5, 5.41) is 12.4. The highest BCUT2D eigenvalue weighted by Crippen LogP contribution is 2.34. The average Bonchev–Trinajstić information content (AvgIpc) is 2.61. The maximum atomic E-state index is 10.9. The highest BCUT2D eigenvalue weighted by molar-refractivity contribution is 6.31. The minimum atomic E-state index is -0.913. The van der Waals surface area contributed by atoms with Crippen molar-refractivity contribution in [3.63, 3.8) is 0 Å². The summed E-state index contributed by atoms with van der Waals surface area (Å²) in [5.41, 5.74) is 1.80. The molecule has 0 spiro atoms. The van der Waals surface area contributed by atoms with Crippen molar-refractivity contribution in [2.45, 2.75) is 33.0 Å². The van der Waals surface area contributed by atoms with Crippen LogP contribution in [0.15, 0.2) is 42.5 Å². The van der Waals surface area contributed by atoms with Gasteiger partial charge in [0.1, 0.15) is 12.6 Å². The molecular formula is C19H22ClNO4. The molecule has 134 valence electrons. The lowest BCUT2D eigenvalue weighted by Crippen LogP contribution is -2.33. The number of aliphatic carboxylic acids is 1. The fraction of sp³-hybridized carbons (Fsp3) is 0.316. The Balaban J connectivity index is 2.13. The molecule has 1 unspecified atom stereocenters. The maximum Gasteiger partial charge on any atom is 0.320 e. The molecule has 2 rings (SSSR count). The Morgan fingerprint density at radius 3 is 2.52 bits per heavy atom. The zero-order valence-electron chi connectivity index (χ0n) is 14.3. The van der Waals surface area contributed by atoms with E-state index in [1.54, 1.807) is 19.1 Å². The number of hydrogen-bond donors (Lipinski definition) is 2. The third-order valence-corrected chi connectivity index (χ3v) is 3.97. The number of benzene rings is 2. The number of hydrogen-bond acceptors (Lipinski definition) is 4. The topological polar surface area (TPSA) is 67.8 Å². The third-order valence-electron chi connectivity index (χ3n) is 3.62. The van der Waals surface area contributed by atoms with Crippen molar-refractivity contribution >= 4 is 17.6 Å². The molecule has 0 saturated heterocycles. The van der Waals surface area contributed by atoms with Crippen LogP contribution in [0.4, 0.5) is 0 Å². The number of carboxylic acids is 1. The molecule has 2 aromatic carbocycles. The zero-order valence-corrected chi connectivity index (χ0v) is 15.0. The van der Waals surface area contributed by atoms with Crippen LogP contribution in [0.3, 0.4) is 0 Å². The summed E-state index contributed by atoms with van der Waals surface area (Å²) in [4.78, 5) is 10.9. The van der Waals surface area contributed by atoms with Crippen LogP contribution in [0, 0.1) is 0 Å². The number of nitrogens with one attached hydrogen (secondary N) is 1. The third kappa shape index (κ3) is 5.66. The fourth-order valence-corrected chi connectivity index (χ4v) is 2.40. The van der Waals surface area contributed by atoms with Crippen LogP contribution in [0.2, 0.25) is 5.02 Å². The van der Waals surface area contributed by atoms with Crippen LogP contribution in [-0.4, -0.2) is 23.7 Å². The predicted octanol–water partition coefficient (Wildman–Crippen LogP) is 3.88. The first-order chi connectivity index (χ1) is 12.0. The van der Waals surface area contributed by atoms with E-state index in [4.69, 9.17) is 26.2 Å². The summed E-state index contributed by atoms with van der Waals surface area (Å²) < 4.78 is 11.5. The SMILES string of the molecule is CCOc1cc(CNC(C)C(=O)O)c(Cl)cc1OCc1ccccc1. The quantitative estimate of drug-likeness (QED) is 0.707. The number of ether oxygens (including phenoxy) is 2. The summed E-state index contributed by atoms with van der Waals surface area (Å²) in [6.07, 6.45) is 0. The molecule has 0 fully saturated rings. The van der Waals surface area contributed by atoms with E-state index in [9.17, 15) is 4.79 Å². The lowest BCUT2D eigenvalue weighted by molar-refractivity contribution is -0.139. The van der Waals surface area contributed by atoms with Gasteiger partial charge < -0.3 is 19.9 Å². The molecule has 0 amide bonds. The van der Waals surface area contributed by atoms with Gasteiger partial charge in [0.25, 0.3) is 0 Å². The van der Waals surface area contributed by atoms with Crippen molar-refractivity contribution in [2.75, 3.05) is 6.61 Å². The predicted molar refractivity (Wildman–Crippen MR) is 97.3 cm³/mol.